The summed E-state index contributed by atoms with van der Waals surface area (Å²) < 4.78 is 9.61. The van der Waals surface area contributed by atoms with Crippen LogP contribution in [0.1, 0.15) is 16.1 Å². The summed E-state index contributed by atoms with van der Waals surface area (Å²) in [4.78, 5) is 33.0. The zero-order chi connectivity index (χ0) is 16.8. The van der Waals surface area contributed by atoms with Gasteiger partial charge in [0.1, 0.15) is 10.7 Å². The summed E-state index contributed by atoms with van der Waals surface area (Å²) >= 11 is 5.71. The lowest BCUT2D eigenvalue weighted by molar-refractivity contribution is -0.402. The van der Waals surface area contributed by atoms with Crippen molar-refractivity contribution in [1.82, 2.24) is 0 Å². The van der Waals surface area contributed by atoms with E-state index in [1.54, 1.807) is 12.1 Å². The van der Waals surface area contributed by atoms with Crippen molar-refractivity contribution in [3.05, 3.63) is 68.9 Å². The minimum absolute atomic E-state index is 0.123. The number of benzene rings is 1. The molecule has 0 aliphatic carbocycles. The van der Waals surface area contributed by atoms with Crippen LogP contribution < -0.4 is 0 Å². The lowest BCUT2D eigenvalue weighted by Gasteiger charge is -2.01. The van der Waals surface area contributed by atoms with E-state index in [1.165, 1.54) is 24.3 Å². The Morgan fingerprint density at radius 2 is 1.91 bits per heavy atom. The minimum Gasteiger partial charge on any atom is -0.454 e. The van der Waals surface area contributed by atoms with Gasteiger partial charge in [-0.05, 0) is 36.4 Å². The number of nitrogens with zero attached hydrogens (tertiary/aromatic N) is 1. The van der Waals surface area contributed by atoms with Crippen LogP contribution in [-0.4, -0.2) is 23.3 Å². The van der Waals surface area contributed by atoms with Crippen molar-refractivity contribution >= 4 is 35.3 Å². The first-order valence-corrected chi connectivity index (χ1v) is 6.71. The number of esters is 1. The number of halogens is 1. The van der Waals surface area contributed by atoms with Gasteiger partial charge >= 0.3 is 11.9 Å². The molecule has 118 valence electrons. The average molecular weight is 336 g/mol. The molecule has 0 unspecified atom stereocenters. The van der Waals surface area contributed by atoms with E-state index in [1.807, 2.05) is 0 Å². The molecule has 0 fully saturated rings. The first-order valence-electron chi connectivity index (χ1n) is 6.33. The van der Waals surface area contributed by atoms with Crippen LogP contribution in [0.3, 0.4) is 0 Å². The molecule has 0 saturated carbocycles. The molecule has 7 nitrogen and oxygen atoms in total. The molecule has 0 spiro atoms. The van der Waals surface area contributed by atoms with Crippen LogP contribution in [0.25, 0.3) is 6.08 Å². The van der Waals surface area contributed by atoms with Gasteiger partial charge < -0.3 is 9.15 Å². The van der Waals surface area contributed by atoms with Crippen LogP contribution in [0.15, 0.2) is 46.9 Å². The van der Waals surface area contributed by atoms with E-state index in [0.717, 1.165) is 12.1 Å². The Labute approximate surface area is 135 Å². The fourth-order valence-corrected chi connectivity index (χ4v) is 1.71. The first-order chi connectivity index (χ1) is 11.0. The second-order valence-electron chi connectivity index (χ2n) is 4.30. The summed E-state index contributed by atoms with van der Waals surface area (Å²) in [6, 6.07) is 8.66. The summed E-state index contributed by atoms with van der Waals surface area (Å²) in [5.74, 6) is -1.46. The summed E-state index contributed by atoms with van der Waals surface area (Å²) in [6.07, 6.45) is 2.22. The van der Waals surface area contributed by atoms with Gasteiger partial charge in [0.05, 0.1) is 6.07 Å². The highest BCUT2D eigenvalue weighted by molar-refractivity contribution is 6.30. The van der Waals surface area contributed by atoms with Crippen LogP contribution in [0.2, 0.25) is 5.02 Å². The largest absolute Gasteiger partial charge is 0.454 e. The lowest BCUT2D eigenvalue weighted by Crippen LogP contribution is -2.12. The lowest BCUT2D eigenvalue weighted by atomic mass is 10.1. The second kappa shape index (κ2) is 7.37. The van der Waals surface area contributed by atoms with Crippen molar-refractivity contribution in [2.75, 3.05) is 6.61 Å². The molecule has 2 rings (SSSR count). The molecule has 0 radical (unpaired) electrons. The molecule has 2 aromatic rings. The highest BCUT2D eigenvalue weighted by Crippen LogP contribution is 2.16. The molecule has 0 N–H and O–H groups in total. The molecular weight excluding hydrogens is 326 g/mol. The average Bonchev–Trinajstić information content (AvgIpc) is 3.00. The number of ketones is 1. The monoisotopic (exact) mass is 335 g/mol. The number of rotatable bonds is 6. The van der Waals surface area contributed by atoms with Crippen LogP contribution in [0.4, 0.5) is 5.88 Å². The Balaban J connectivity index is 1.86. The van der Waals surface area contributed by atoms with Gasteiger partial charge in [-0.2, -0.15) is 0 Å². The number of carbonyl (C=O) groups excluding carboxylic acids is 2. The van der Waals surface area contributed by atoms with E-state index in [-0.39, 0.29) is 11.5 Å². The fraction of sp³-hybridized carbons (Fsp3) is 0.0667. The highest BCUT2D eigenvalue weighted by atomic mass is 35.5. The molecule has 23 heavy (non-hydrogen) atoms. The Morgan fingerprint density at radius 3 is 2.52 bits per heavy atom. The standard InChI is InChI=1S/C15H10ClNO6/c16-11-3-1-10(2-4-11)13(18)9-22-15(19)8-6-12-5-7-14(23-12)17(20)21/h1-8H,9H2/b8-6+. The number of hydrogen-bond donors (Lipinski definition) is 0. The van der Waals surface area contributed by atoms with E-state index in [0.29, 0.717) is 10.6 Å². The third-order valence-electron chi connectivity index (χ3n) is 2.69. The third-order valence-corrected chi connectivity index (χ3v) is 2.94. The van der Waals surface area contributed by atoms with E-state index in [9.17, 15) is 19.7 Å². The fourth-order valence-electron chi connectivity index (χ4n) is 1.58. The molecule has 0 aliphatic rings. The van der Waals surface area contributed by atoms with Crippen molar-refractivity contribution in [2.24, 2.45) is 0 Å². The summed E-state index contributed by atoms with van der Waals surface area (Å²) in [5, 5.41) is 10.9. The van der Waals surface area contributed by atoms with Crippen LogP contribution in [0, 0.1) is 10.1 Å². The van der Waals surface area contributed by atoms with Gasteiger partial charge in [0, 0.05) is 16.7 Å². The Morgan fingerprint density at radius 1 is 1.22 bits per heavy atom. The zero-order valence-electron chi connectivity index (χ0n) is 11.6. The number of carbonyl (C=O) groups is 2. The Kier molecular flexibility index (Phi) is 5.27. The van der Waals surface area contributed by atoms with Crippen LogP contribution in [-0.2, 0) is 9.53 Å². The molecule has 1 aromatic heterocycles. The Bertz CT molecular complexity index is 763. The summed E-state index contributed by atoms with van der Waals surface area (Å²) in [6.45, 7) is -0.427. The Hall–Kier alpha value is -2.93. The second-order valence-corrected chi connectivity index (χ2v) is 4.74. The maximum absolute atomic E-state index is 11.8. The predicted molar refractivity (Wildman–Crippen MR) is 81.1 cm³/mol. The van der Waals surface area contributed by atoms with E-state index < -0.39 is 23.4 Å². The number of ether oxygens (including phenoxy) is 1. The molecule has 0 amide bonds. The molecule has 1 heterocycles. The minimum atomic E-state index is -0.772. The van der Waals surface area contributed by atoms with Gasteiger partial charge in [0.15, 0.2) is 12.4 Å². The van der Waals surface area contributed by atoms with E-state index >= 15 is 0 Å². The van der Waals surface area contributed by atoms with E-state index in [4.69, 9.17) is 20.8 Å². The first kappa shape index (κ1) is 16.4. The van der Waals surface area contributed by atoms with Gasteiger partial charge in [-0.25, -0.2) is 4.79 Å². The van der Waals surface area contributed by atoms with Crippen molar-refractivity contribution in [3.63, 3.8) is 0 Å². The number of nitro groups is 1. The smallest absolute Gasteiger partial charge is 0.433 e. The molecule has 0 saturated heterocycles. The molecular formula is C15H10ClNO6. The number of hydrogen-bond acceptors (Lipinski definition) is 6. The van der Waals surface area contributed by atoms with Crippen molar-refractivity contribution < 1.29 is 23.7 Å². The number of furan rings is 1. The highest BCUT2D eigenvalue weighted by Gasteiger charge is 2.11. The molecule has 1 aromatic carbocycles. The van der Waals surface area contributed by atoms with Crippen molar-refractivity contribution in [3.8, 4) is 0 Å². The maximum Gasteiger partial charge on any atom is 0.433 e. The molecule has 8 heteroatoms. The molecule has 0 aliphatic heterocycles. The van der Waals surface area contributed by atoms with Crippen LogP contribution in [0.5, 0.6) is 0 Å². The van der Waals surface area contributed by atoms with Gasteiger partial charge in [-0.15, -0.1) is 0 Å². The van der Waals surface area contributed by atoms with Gasteiger partial charge in [-0.3, -0.25) is 14.9 Å². The predicted octanol–water partition coefficient (Wildman–Crippen LogP) is 3.28. The van der Waals surface area contributed by atoms with Gasteiger partial charge in [0.2, 0.25) is 0 Å². The third kappa shape index (κ3) is 4.79. The molecule has 0 bridgehead atoms. The normalized spacial score (nSPS) is 10.7. The topological polar surface area (TPSA) is 99.7 Å². The van der Waals surface area contributed by atoms with Gasteiger partial charge in [-0.1, -0.05) is 11.6 Å². The van der Waals surface area contributed by atoms with Crippen LogP contribution >= 0.6 is 11.6 Å². The number of Topliss-reactive ketones (excluding diaryl/α,β-unsaturated/α-hetero) is 1. The quantitative estimate of drug-likeness (QED) is 0.264. The zero-order valence-corrected chi connectivity index (χ0v) is 12.4. The summed E-state index contributed by atoms with van der Waals surface area (Å²) in [7, 11) is 0. The maximum atomic E-state index is 11.8. The van der Waals surface area contributed by atoms with E-state index in [2.05, 4.69) is 0 Å². The molecule has 0 atom stereocenters. The SMILES string of the molecule is O=C(/C=C/c1ccc([N+](=O)[O-])o1)OCC(=O)c1ccc(Cl)cc1. The summed E-state index contributed by atoms with van der Waals surface area (Å²) in [5.41, 5.74) is 0.368. The van der Waals surface area contributed by atoms with Gasteiger partial charge in [0.25, 0.3) is 0 Å². The van der Waals surface area contributed by atoms with Crippen molar-refractivity contribution in [2.45, 2.75) is 0 Å². The van der Waals surface area contributed by atoms with Crippen molar-refractivity contribution in [1.29, 1.82) is 0 Å².